The zero-order valence-corrected chi connectivity index (χ0v) is 37.0. The summed E-state index contributed by atoms with van der Waals surface area (Å²) in [5, 5.41) is 0. The third kappa shape index (κ3) is 13.8. The van der Waals surface area contributed by atoms with Crippen LogP contribution in [0.4, 0.5) is 0 Å². The van der Waals surface area contributed by atoms with Gasteiger partial charge in [0, 0.05) is 11.1 Å². The number of hydrogen-bond donors (Lipinski definition) is 0. The second-order valence-corrected chi connectivity index (χ2v) is 16.1. The third-order valence-corrected chi connectivity index (χ3v) is 11.2. The quantitative estimate of drug-likeness (QED) is 0.0504. The fourth-order valence-corrected chi connectivity index (χ4v) is 7.36. The highest BCUT2D eigenvalue weighted by atomic mass is 16.5. The highest BCUT2D eigenvalue weighted by Gasteiger charge is 2.26. The molecule has 0 spiro atoms. The first-order valence-corrected chi connectivity index (χ1v) is 23.0. The van der Waals surface area contributed by atoms with E-state index in [9.17, 15) is 0 Å². The summed E-state index contributed by atoms with van der Waals surface area (Å²) in [5.74, 6) is 1.72. The van der Waals surface area contributed by atoms with Crippen molar-refractivity contribution in [3.63, 3.8) is 0 Å². The Hall–Kier alpha value is -5.40. The molecule has 2 heterocycles. The Morgan fingerprint density at radius 3 is 1.13 bits per heavy atom. The smallest absolute Gasteiger partial charge is 0.127 e. The van der Waals surface area contributed by atoms with E-state index in [4.69, 9.17) is 34.1 Å². The molecule has 6 aromatic rings. The van der Waals surface area contributed by atoms with Crippen LogP contribution >= 0.6 is 0 Å². The van der Waals surface area contributed by atoms with Gasteiger partial charge in [-0.05, 0) is 109 Å². The van der Waals surface area contributed by atoms with E-state index >= 15 is 0 Å². The minimum Gasteiger partial charge on any atom is -0.494 e. The van der Waals surface area contributed by atoms with Gasteiger partial charge in [-0.2, -0.15) is 0 Å². The molecule has 0 radical (unpaired) electrons. The average molecular weight is 819 g/mol. The van der Waals surface area contributed by atoms with Crippen molar-refractivity contribution in [2.75, 3.05) is 13.2 Å². The van der Waals surface area contributed by atoms with Gasteiger partial charge in [0.25, 0.3) is 0 Å². The largest absolute Gasteiger partial charge is 0.494 e. The SMILES string of the molecule is CCCCCCc1ccc(C(OC(c2ccc(CCCCCC)cc2)c2cnc(-c3ccc(OCCCC)cc3)cn2)c2cnc(-c3ccc(OCCCC)cc3)cn2)cc1. The Morgan fingerprint density at radius 2 is 0.787 bits per heavy atom. The van der Waals surface area contributed by atoms with Gasteiger partial charge in [0.15, 0.2) is 0 Å². The number of benzene rings is 4. The van der Waals surface area contributed by atoms with Gasteiger partial charge in [0.1, 0.15) is 23.7 Å². The number of ether oxygens (including phenoxy) is 3. The highest BCUT2D eigenvalue weighted by Crippen LogP contribution is 2.36. The summed E-state index contributed by atoms with van der Waals surface area (Å²) in [5.41, 5.74) is 9.67. The van der Waals surface area contributed by atoms with Crippen molar-refractivity contribution >= 4 is 0 Å². The summed E-state index contributed by atoms with van der Waals surface area (Å²) in [6, 6.07) is 33.9. The molecular weight excluding hydrogens is 753 g/mol. The molecule has 0 amide bonds. The van der Waals surface area contributed by atoms with Crippen molar-refractivity contribution in [3.05, 3.63) is 155 Å². The van der Waals surface area contributed by atoms with Gasteiger partial charge < -0.3 is 14.2 Å². The number of rotatable bonds is 26. The average Bonchev–Trinajstić information content (AvgIpc) is 3.31. The molecule has 0 aliphatic heterocycles. The minimum atomic E-state index is -0.523. The van der Waals surface area contributed by atoms with Gasteiger partial charge in [-0.15, -0.1) is 0 Å². The van der Waals surface area contributed by atoms with Gasteiger partial charge >= 0.3 is 0 Å². The van der Waals surface area contributed by atoms with E-state index in [1.54, 1.807) is 0 Å². The zero-order chi connectivity index (χ0) is 42.5. The molecule has 7 heteroatoms. The van der Waals surface area contributed by atoms with Crippen LogP contribution in [0.5, 0.6) is 11.5 Å². The van der Waals surface area contributed by atoms with Crippen molar-refractivity contribution in [2.24, 2.45) is 0 Å². The standard InChI is InChI=1S/C54H66N4O3/c1-5-9-13-15-17-41-19-23-45(24-20-41)53(51-39-55-49(37-57-51)43-27-31-47(32-28-43)59-35-11-7-3)61-54(46-25-21-42(22-26-46)18-16-14-10-6-2)52-40-56-50(38-58-52)44-29-33-48(34-30-44)60-36-12-8-4/h19-34,37-40,53-54H,5-18,35-36H2,1-4H3. The molecule has 4 aromatic carbocycles. The first-order chi connectivity index (χ1) is 30.1. The Kier molecular flexibility index (Phi) is 18.3. The predicted molar refractivity (Wildman–Crippen MR) is 249 cm³/mol. The van der Waals surface area contributed by atoms with E-state index in [2.05, 4.69) is 76.2 Å². The monoisotopic (exact) mass is 819 g/mol. The van der Waals surface area contributed by atoms with Crippen LogP contribution in [0, 0.1) is 0 Å². The van der Waals surface area contributed by atoms with Crippen LogP contribution in [0.1, 0.15) is 151 Å². The molecule has 0 bridgehead atoms. The molecule has 0 saturated heterocycles. The molecule has 2 atom stereocenters. The molecule has 61 heavy (non-hydrogen) atoms. The van der Waals surface area contributed by atoms with Crippen molar-refractivity contribution in [3.8, 4) is 34.0 Å². The van der Waals surface area contributed by atoms with Crippen LogP contribution in [-0.2, 0) is 17.6 Å². The van der Waals surface area contributed by atoms with Gasteiger partial charge in [-0.3, -0.25) is 19.9 Å². The minimum absolute atomic E-state index is 0.523. The highest BCUT2D eigenvalue weighted by molar-refractivity contribution is 5.60. The molecule has 2 unspecified atom stereocenters. The summed E-state index contributed by atoms with van der Waals surface area (Å²) in [4.78, 5) is 19.9. The van der Waals surface area contributed by atoms with E-state index < -0.39 is 12.2 Å². The van der Waals surface area contributed by atoms with Crippen molar-refractivity contribution in [1.82, 2.24) is 19.9 Å². The molecule has 2 aromatic heterocycles. The van der Waals surface area contributed by atoms with E-state index in [0.29, 0.717) is 13.2 Å². The molecule has 7 nitrogen and oxygen atoms in total. The molecule has 0 fully saturated rings. The summed E-state index contributed by atoms with van der Waals surface area (Å²) in [7, 11) is 0. The maximum atomic E-state index is 7.28. The molecule has 0 N–H and O–H groups in total. The lowest BCUT2D eigenvalue weighted by atomic mass is 9.99. The second kappa shape index (κ2) is 24.8. The summed E-state index contributed by atoms with van der Waals surface area (Å²) in [6.07, 6.45) is 22.6. The number of nitrogens with zero attached hydrogens (tertiary/aromatic N) is 4. The van der Waals surface area contributed by atoms with E-state index in [-0.39, 0.29) is 0 Å². The second-order valence-electron chi connectivity index (χ2n) is 16.1. The molecule has 0 aliphatic carbocycles. The summed E-state index contributed by atoms with van der Waals surface area (Å²) < 4.78 is 19.1. The van der Waals surface area contributed by atoms with Crippen LogP contribution in [0.3, 0.4) is 0 Å². The van der Waals surface area contributed by atoms with Crippen molar-refractivity contribution in [2.45, 2.75) is 130 Å². The lowest BCUT2D eigenvalue weighted by molar-refractivity contribution is 0.0258. The maximum Gasteiger partial charge on any atom is 0.127 e. The molecular formula is C54H66N4O3. The van der Waals surface area contributed by atoms with Gasteiger partial charge in [0.2, 0.25) is 0 Å². The number of aromatic nitrogens is 4. The fraction of sp³-hybridized carbons (Fsp3) is 0.407. The summed E-state index contributed by atoms with van der Waals surface area (Å²) >= 11 is 0. The normalized spacial score (nSPS) is 12.3. The van der Waals surface area contributed by atoms with E-state index in [1.807, 2.05) is 73.3 Å². The zero-order valence-electron chi connectivity index (χ0n) is 37.0. The van der Waals surface area contributed by atoms with E-state index in [0.717, 1.165) is 95.1 Å². The number of unbranched alkanes of at least 4 members (excludes halogenated alkanes) is 8. The van der Waals surface area contributed by atoms with Crippen LogP contribution < -0.4 is 9.47 Å². The van der Waals surface area contributed by atoms with Crippen LogP contribution in [-0.4, -0.2) is 33.1 Å². The lowest BCUT2D eigenvalue weighted by Gasteiger charge is -2.25. The number of aryl methyl sites for hydroxylation is 2. The summed E-state index contributed by atoms with van der Waals surface area (Å²) in [6.45, 7) is 10.3. The first kappa shape index (κ1) is 45.1. The fourth-order valence-electron chi connectivity index (χ4n) is 7.36. The predicted octanol–water partition coefficient (Wildman–Crippen LogP) is 14.1. The molecule has 6 rings (SSSR count). The van der Waals surface area contributed by atoms with Crippen LogP contribution in [0.15, 0.2) is 122 Å². The van der Waals surface area contributed by atoms with Gasteiger partial charge in [-0.25, -0.2) is 0 Å². The maximum absolute atomic E-state index is 7.28. The molecule has 320 valence electrons. The molecule has 0 saturated carbocycles. The first-order valence-electron chi connectivity index (χ1n) is 23.0. The van der Waals surface area contributed by atoms with E-state index in [1.165, 1.54) is 62.5 Å². The topological polar surface area (TPSA) is 79.2 Å². The van der Waals surface area contributed by atoms with Crippen molar-refractivity contribution in [1.29, 1.82) is 0 Å². The van der Waals surface area contributed by atoms with Gasteiger partial charge in [0.05, 0.1) is 60.8 Å². The van der Waals surface area contributed by atoms with Crippen molar-refractivity contribution < 1.29 is 14.2 Å². The van der Waals surface area contributed by atoms with Crippen LogP contribution in [0.2, 0.25) is 0 Å². The number of hydrogen-bond acceptors (Lipinski definition) is 7. The van der Waals surface area contributed by atoms with Gasteiger partial charge in [-0.1, -0.05) is 128 Å². The third-order valence-electron chi connectivity index (χ3n) is 11.2. The Balaban J connectivity index is 1.31. The Morgan fingerprint density at radius 1 is 0.393 bits per heavy atom. The Bertz CT molecular complexity index is 1950. The molecule has 0 aliphatic rings. The lowest BCUT2D eigenvalue weighted by Crippen LogP contribution is -2.16. The Labute approximate surface area is 365 Å². The van der Waals surface area contributed by atoms with Crippen LogP contribution in [0.25, 0.3) is 22.5 Å².